The third-order valence-corrected chi connectivity index (χ3v) is 2.53. The van der Waals surface area contributed by atoms with E-state index in [2.05, 4.69) is 26.2 Å². The van der Waals surface area contributed by atoms with Crippen LogP contribution in [0.1, 0.15) is 31.0 Å². The first-order chi connectivity index (χ1) is 5.86. The summed E-state index contributed by atoms with van der Waals surface area (Å²) in [6.45, 7) is 1.09. The molecule has 0 radical (unpaired) electrons. The summed E-state index contributed by atoms with van der Waals surface area (Å²) in [4.78, 5) is 4.80. The van der Waals surface area contributed by atoms with Crippen molar-refractivity contribution in [3.63, 3.8) is 0 Å². The molecule has 0 saturated carbocycles. The van der Waals surface area contributed by atoms with Gasteiger partial charge in [0.2, 0.25) is 0 Å². The van der Waals surface area contributed by atoms with Gasteiger partial charge in [-0.1, -0.05) is 6.42 Å². The Morgan fingerprint density at radius 3 is 3.08 bits per heavy atom. The van der Waals surface area contributed by atoms with Crippen LogP contribution < -0.4 is 5.32 Å². The molecule has 0 aromatic carbocycles. The molecule has 0 aliphatic carbocycles. The van der Waals surface area contributed by atoms with Crippen molar-refractivity contribution in [2.45, 2.75) is 25.3 Å². The van der Waals surface area contributed by atoms with Crippen LogP contribution >= 0.6 is 15.9 Å². The fourth-order valence-electron chi connectivity index (χ4n) is 1.53. The van der Waals surface area contributed by atoms with Crippen molar-refractivity contribution < 1.29 is 4.42 Å². The van der Waals surface area contributed by atoms with E-state index in [1.165, 1.54) is 19.3 Å². The molecular weight excluding hydrogens is 220 g/mol. The summed E-state index contributed by atoms with van der Waals surface area (Å²) in [6.07, 6.45) is 5.43. The zero-order valence-corrected chi connectivity index (χ0v) is 8.30. The molecule has 3 nitrogen and oxygen atoms in total. The molecule has 4 heteroatoms. The second-order valence-electron chi connectivity index (χ2n) is 3.03. The van der Waals surface area contributed by atoms with Gasteiger partial charge in [0.15, 0.2) is 0 Å². The van der Waals surface area contributed by atoms with Gasteiger partial charge in [-0.25, -0.2) is 4.98 Å². The zero-order chi connectivity index (χ0) is 8.39. The molecule has 1 fully saturated rings. The molecule has 0 spiro atoms. The molecule has 1 aromatic rings. The number of halogens is 1. The van der Waals surface area contributed by atoms with Crippen LogP contribution in [0.2, 0.25) is 0 Å². The quantitative estimate of drug-likeness (QED) is 0.805. The van der Waals surface area contributed by atoms with Gasteiger partial charge in [-0.2, -0.15) is 0 Å². The van der Waals surface area contributed by atoms with Crippen molar-refractivity contribution in [3.8, 4) is 0 Å². The van der Waals surface area contributed by atoms with E-state index in [1.54, 1.807) is 6.26 Å². The Balaban J connectivity index is 2.08. The second kappa shape index (κ2) is 3.58. The van der Waals surface area contributed by atoms with Gasteiger partial charge < -0.3 is 9.73 Å². The Morgan fingerprint density at radius 2 is 2.50 bits per heavy atom. The molecule has 12 heavy (non-hydrogen) atoms. The Hall–Kier alpha value is -0.350. The highest BCUT2D eigenvalue weighted by atomic mass is 79.9. The number of nitrogens with zero attached hydrogens (tertiary/aromatic N) is 1. The number of oxazole rings is 1. The molecule has 1 aromatic heterocycles. The average molecular weight is 231 g/mol. The minimum atomic E-state index is 0.397. The molecule has 1 aliphatic heterocycles. The molecule has 1 N–H and O–H groups in total. The van der Waals surface area contributed by atoms with Crippen molar-refractivity contribution in [3.05, 3.63) is 16.8 Å². The van der Waals surface area contributed by atoms with Gasteiger partial charge >= 0.3 is 0 Å². The van der Waals surface area contributed by atoms with E-state index in [0.717, 1.165) is 12.2 Å². The SMILES string of the molecule is Brc1nc(C2CCCCN2)co1. The van der Waals surface area contributed by atoms with E-state index < -0.39 is 0 Å². The van der Waals surface area contributed by atoms with Crippen LogP contribution in [-0.4, -0.2) is 11.5 Å². The zero-order valence-electron chi connectivity index (χ0n) is 6.72. The van der Waals surface area contributed by atoms with Gasteiger partial charge in [-0.15, -0.1) is 0 Å². The number of hydrogen-bond acceptors (Lipinski definition) is 3. The molecule has 0 amide bonds. The van der Waals surface area contributed by atoms with Crippen LogP contribution in [-0.2, 0) is 0 Å². The van der Waals surface area contributed by atoms with Crippen LogP contribution in [0.4, 0.5) is 0 Å². The summed E-state index contributed by atoms with van der Waals surface area (Å²) < 4.78 is 5.08. The van der Waals surface area contributed by atoms with Crippen LogP contribution in [0, 0.1) is 0 Å². The monoisotopic (exact) mass is 230 g/mol. The summed E-state index contributed by atoms with van der Waals surface area (Å²) in [6, 6.07) is 0.397. The van der Waals surface area contributed by atoms with Crippen molar-refractivity contribution in [2.24, 2.45) is 0 Å². The van der Waals surface area contributed by atoms with E-state index in [1.807, 2.05) is 0 Å². The van der Waals surface area contributed by atoms with Crippen LogP contribution in [0.25, 0.3) is 0 Å². The fraction of sp³-hybridized carbons (Fsp3) is 0.625. The lowest BCUT2D eigenvalue weighted by Crippen LogP contribution is -2.26. The number of nitrogens with one attached hydrogen (secondary N) is 1. The third kappa shape index (κ3) is 1.69. The van der Waals surface area contributed by atoms with Gasteiger partial charge in [-0.3, -0.25) is 0 Å². The number of rotatable bonds is 1. The predicted octanol–water partition coefficient (Wildman–Crippen LogP) is 2.25. The van der Waals surface area contributed by atoms with Crippen LogP contribution in [0.5, 0.6) is 0 Å². The Morgan fingerprint density at radius 1 is 1.58 bits per heavy atom. The molecule has 1 aliphatic rings. The Labute approximate surface area is 79.7 Å². The molecule has 2 rings (SSSR count). The second-order valence-corrected chi connectivity index (χ2v) is 3.71. The number of hydrogen-bond donors (Lipinski definition) is 1. The first kappa shape index (κ1) is 8.26. The first-order valence-electron chi connectivity index (χ1n) is 4.20. The van der Waals surface area contributed by atoms with Gasteiger partial charge in [-0.05, 0) is 19.4 Å². The minimum Gasteiger partial charge on any atom is -0.439 e. The summed E-state index contributed by atoms with van der Waals surface area (Å²) in [5.41, 5.74) is 1.02. The molecule has 1 unspecified atom stereocenters. The summed E-state index contributed by atoms with van der Waals surface area (Å²) in [5, 5.41) is 3.41. The van der Waals surface area contributed by atoms with Crippen molar-refractivity contribution >= 4 is 15.9 Å². The van der Waals surface area contributed by atoms with Crippen molar-refractivity contribution in [1.82, 2.24) is 10.3 Å². The van der Waals surface area contributed by atoms with Gasteiger partial charge in [0.25, 0.3) is 4.80 Å². The Bertz CT molecular complexity index is 255. The maximum absolute atomic E-state index is 5.08. The standard InChI is InChI=1S/C8H11BrN2O/c9-8-11-7(5-12-8)6-3-1-2-4-10-6/h5-6,10H,1-4H2. The van der Waals surface area contributed by atoms with Gasteiger partial charge in [0.1, 0.15) is 6.26 Å². The predicted molar refractivity (Wildman–Crippen MR) is 48.8 cm³/mol. The maximum Gasteiger partial charge on any atom is 0.264 e. The highest BCUT2D eigenvalue weighted by molar-refractivity contribution is 9.10. The average Bonchev–Trinajstić information content (AvgIpc) is 2.54. The minimum absolute atomic E-state index is 0.397. The molecule has 2 heterocycles. The lowest BCUT2D eigenvalue weighted by atomic mass is 10.0. The highest BCUT2D eigenvalue weighted by Gasteiger charge is 2.17. The molecular formula is C8H11BrN2O. The smallest absolute Gasteiger partial charge is 0.264 e. The molecule has 1 saturated heterocycles. The third-order valence-electron chi connectivity index (χ3n) is 2.16. The van der Waals surface area contributed by atoms with E-state index in [-0.39, 0.29) is 0 Å². The lowest BCUT2D eigenvalue weighted by Gasteiger charge is -2.20. The van der Waals surface area contributed by atoms with Gasteiger partial charge in [0, 0.05) is 15.9 Å². The lowest BCUT2D eigenvalue weighted by molar-refractivity contribution is 0.404. The van der Waals surface area contributed by atoms with E-state index in [9.17, 15) is 0 Å². The van der Waals surface area contributed by atoms with Gasteiger partial charge in [0.05, 0.1) is 11.7 Å². The normalized spacial score (nSPS) is 24.2. The molecule has 66 valence electrons. The van der Waals surface area contributed by atoms with E-state index >= 15 is 0 Å². The fourth-order valence-corrected chi connectivity index (χ4v) is 1.83. The number of piperidine rings is 1. The van der Waals surface area contributed by atoms with Crippen molar-refractivity contribution in [1.29, 1.82) is 0 Å². The van der Waals surface area contributed by atoms with E-state index in [0.29, 0.717) is 10.8 Å². The molecule has 0 bridgehead atoms. The number of aromatic nitrogens is 1. The van der Waals surface area contributed by atoms with Crippen molar-refractivity contribution in [2.75, 3.05) is 6.54 Å². The molecule has 1 atom stereocenters. The highest BCUT2D eigenvalue weighted by Crippen LogP contribution is 2.23. The first-order valence-corrected chi connectivity index (χ1v) is 5.00. The van der Waals surface area contributed by atoms with Crippen LogP contribution in [0.15, 0.2) is 15.5 Å². The summed E-state index contributed by atoms with van der Waals surface area (Å²) in [7, 11) is 0. The Kier molecular flexibility index (Phi) is 2.46. The summed E-state index contributed by atoms with van der Waals surface area (Å²) >= 11 is 3.19. The maximum atomic E-state index is 5.08. The largest absolute Gasteiger partial charge is 0.439 e. The summed E-state index contributed by atoms with van der Waals surface area (Å²) in [5.74, 6) is 0. The topological polar surface area (TPSA) is 38.1 Å². The van der Waals surface area contributed by atoms with Crippen LogP contribution in [0.3, 0.4) is 0 Å². The van der Waals surface area contributed by atoms with E-state index in [4.69, 9.17) is 4.42 Å².